The molecule has 66 valence electrons. The van der Waals surface area contributed by atoms with E-state index in [0.29, 0.717) is 12.2 Å². The molecule has 0 aromatic heterocycles. The smallest absolute Gasteiger partial charge is 0.153 e. The van der Waals surface area contributed by atoms with Crippen LogP contribution in [0.1, 0.15) is 19.8 Å². The monoisotopic (exact) mass is 178 g/mol. The average molecular weight is 178 g/mol. The maximum Gasteiger partial charge on any atom is 0.153 e. The summed E-state index contributed by atoms with van der Waals surface area (Å²) < 4.78 is 22.1. The zero-order chi connectivity index (χ0) is 8.48. The minimum Gasteiger partial charge on any atom is -0.396 e. The lowest BCUT2D eigenvalue weighted by Crippen LogP contribution is -2.41. The second-order valence-electron chi connectivity index (χ2n) is 3.18. The molecule has 4 heteroatoms. The summed E-state index contributed by atoms with van der Waals surface area (Å²) in [5.74, 6) is 0.465. The molecule has 1 rings (SSSR count). The molecule has 0 aromatic carbocycles. The van der Waals surface area contributed by atoms with Crippen LogP contribution in [0.3, 0.4) is 0 Å². The minimum absolute atomic E-state index is 0.0905. The van der Waals surface area contributed by atoms with Crippen LogP contribution < -0.4 is 0 Å². The molecule has 11 heavy (non-hydrogen) atoms. The molecule has 0 aliphatic carbocycles. The first-order valence-electron chi connectivity index (χ1n) is 3.90. The Morgan fingerprint density at radius 2 is 2.27 bits per heavy atom. The van der Waals surface area contributed by atoms with E-state index >= 15 is 0 Å². The molecule has 0 aromatic rings. The van der Waals surface area contributed by atoms with Crippen molar-refractivity contribution in [3.63, 3.8) is 0 Å². The van der Waals surface area contributed by atoms with Gasteiger partial charge in [-0.15, -0.1) is 0 Å². The summed E-state index contributed by atoms with van der Waals surface area (Å²) in [7, 11) is -2.75. The van der Waals surface area contributed by atoms with Gasteiger partial charge in [-0.1, -0.05) is 6.92 Å². The van der Waals surface area contributed by atoms with Gasteiger partial charge in [-0.05, 0) is 18.8 Å². The van der Waals surface area contributed by atoms with Gasteiger partial charge >= 0.3 is 0 Å². The third-order valence-corrected chi connectivity index (χ3v) is 4.79. The molecule has 1 aliphatic heterocycles. The van der Waals surface area contributed by atoms with E-state index in [1.165, 1.54) is 0 Å². The average Bonchev–Trinajstić information content (AvgIpc) is 1.86. The Bertz CT molecular complexity index is 220. The number of hydrogen-bond acceptors (Lipinski definition) is 3. The van der Waals surface area contributed by atoms with Crippen molar-refractivity contribution in [3.05, 3.63) is 0 Å². The van der Waals surface area contributed by atoms with Crippen molar-refractivity contribution in [2.75, 3.05) is 12.4 Å². The van der Waals surface area contributed by atoms with E-state index < -0.39 is 9.84 Å². The largest absolute Gasteiger partial charge is 0.396 e. The third kappa shape index (κ3) is 1.73. The Labute approximate surface area is 67.3 Å². The van der Waals surface area contributed by atoms with Crippen LogP contribution in [0.5, 0.6) is 0 Å². The molecular weight excluding hydrogens is 164 g/mol. The maximum absolute atomic E-state index is 11.1. The number of aliphatic hydroxyl groups excluding tert-OH is 1. The molecule has 0 saturated carbocycles. The second-order valence-corrected chi connectivity index (χ2v) is 5.52. The van der Waals surface area contributed by atoms with Gasteiger partial charge in [-0.3, -0.25) is 0 Å². The highest BCUT2D eigenvalue weighted by atomic mass is 32.2. The molecule has 2 unspecified atom stereocenters. The van der Waals surface area contributed by atoms with Crippen LogP contribution in [0.2, 0.25) is 0 Å². The predicted molar refractivity (Wildman–Crippen MR) is 43.1 cm³/mol. The summed E-state index contributed by atoms with van der Waals surface area (Å²) in [5.41, 5.74) is 0. The van der Waals surface area contributed by atoms with Gasteiger partial charge in [0.1, 0.15) is 0 Å². The lowest BCUT2D eigenvalue weighted by molar-refractivity contribution is 0.256. The highest BCUT2D eigenvalue weighted by molar-refractivity contribution is 7.93. The number of aliphatic hydroxyl groups is 1. The Hall–Kier alpha value is -0.0900. The maximum atomic E-state index is 11.1. The molecule has 0 radical (unpaired) electrons. The van der Waals surface area contributed by atoms with Gasteiger partial charge in [-0.2, -0.15) is 0 Å². The SMILES string of the molecule is CC(CCO)C1CCS1(=O)=O. The summed E-state index contributed by atoms with van der Waals surface area (Å²) in [5, 5.41) is 8.41. The van der Waals surface area contributed by atoms with Crippen molar-refractivity contribution < 1.29 is 13.5 Å². The van der Waals surface area contributed by atoms with Crippen molar-refractivity contribution >= 4 is 9.84 Å². The second kappa shape index (κ2) is 3.11. The van der Waals surface area contributed by atoms with Crippen LogP contribution in [0.4, 0.5) is 0 Å². The summed E-state index contributed by atoms with van der Waals surface area (Å²) in [6.07, 6.45) is 1.38. The fourth-order valence-electron chi connectivity index (χ4n) is 1.47. The molecule has 0 bridgehead atoms. The van der Waals surface area contributed by atoms with E-state index in [2.05, 4.69) is 0 Å². The van der Waals surface area contributed by atoms with Gasteiger partial charge in [0, 0.05) is 6.61 Å². The minimum atomic E-state index is -2.75. The van der Waals surface area contributed by atoms with Crippen molar-refractivity contribution in [3.8, 4) is 0 Å². The molecule has 1 saturated heterocycles. The lowest BCUT2D eigenvalue weighted by atomic mass is 10.0. The van der Waals surface area contributed by atoms with E-state index in [1.807, 2.05) is 6.92 Å². The van der Waals surface area contributed by atoms with E-state index in [1.54, 1.807) is 0 Å². The normalized spacial score (nSPS) is 30.9. The Morgan fingerprint density at radius 1 is 1.64 bits per heavy atom. The van der Waals surface area contributed by atoms with Crippen molar-refractivity contribution in [2.24, 2.45) is 5.92 Å². The van der Waals surface area contributed by atoms with Crippen LogP contribution in [0.25, 0.3) is 0 Å². The molecular formula is C7H14O3S. The zero-order valence-corrected chi connectivity index (χ0v) is 7.47. The van der Waals surface area contributed by atoms with Crippen LogP contribution >= 0.6 is 0 Å². The number of rotatable bonds is 3. The van der Waals surface area contributed by atoms with Crippen LogP contribution in [0, 0.1) is 5.92 Å². The first-order valence-corrected chi connectivity index (χ1v) is 5.62. The summed E-state index contributed by atoms with van der Waals surface area (Å²) in [6, 6.07) is 0. The predicted octanol–water partition coefficient (Wildman–Crippen LogP) is 0.192. The molecule has 0 spiro atoms. The highest BCUT2D eigenvalue weighted by Gasteiger charge is 2.38. The van der Waals surface area contributed by atoms with Crippen molar-refractivity contribution in [1.82, 2.24) is 0 Å². The topological polar surface area (TPSA) is 54.4 Å². The van der Waals surface area contributed by atoms with Crippen molar-refractivity contribution in [2.45, 2.75) is 25.0 Å². The molecule has 1 fully saturated rings. The molecule has 0 amide bonds. The Kier molecular flexibility index (Phi) is 2.54. The fraction of sp³-hybridized carbons (Fsp3) is 1.00. The first kappa shape index (κ1) is 9.00. The van der Waals surface area contributed by atoms with Crippen LogP contribution in [0.15, 0.2) is 0 Å². The standard InChI is InChI=1S/C7H14O3S/c1-6(2-4-8)7-3-5-11(7,9)10/h6-8H,2-5H2,1H3. The number of hydrogen-bond donors (Lipinski definition) is 1. The summed E-state index contributed by atoms with van der Waals surface area (Å²) in [6.45, 7) is 1.98. The van der Waals surface area contributed by atoms with Crippen LogP contribution in [-0.4, -0.2) is 31.1 Å². The van der Waals surface area contributed by atoms with E-state index in [0.717, 1.165) is 6.42 Å². The highest BCUT2D eigenvalue weighted by Crippen LogP contribution is 2.29. The van der Waals surface area contributed by atoms with Gasteiger partial charge in [0.2, 0.25) is 0 Å². The molecule has 1 N–H and O–H groups in total. The third-order valence-electron chi connectivity index (χ3n) is 2.37. The number of sulfone groups is 1. The zero-order valence-electron chi connectivity index (χ0n) is 6.66. The fourth-order valence-corrected chi connectivity index (χ4v) is 3.21. The molecule has 1 aliphatic rings. The van der Waals surface area contributed by atoms with Gasteiger partial charge in [0.25, 0.3) is 0 Å². The van der Waals surface area contributed by atoms with E-state index in [-0.39, 0.29) is 17.8 Å². The molecule has 3 nitrogen and oxygen atoms in total. The summed E-state index contributed by atoms with van der Waals surface area (Å²) in [4.78, 5) is 0. The van der Waals surface area contributed by atoms with Gasteiger partial charge in [-0.25, -0.2) is 8.42 Å². The van der Waals surface area contributed by atoms with E-state index in [9.17, 15) is 8.42 Å². The van der Waals surface area contributed by atoms with Crippen LogP contribution in [-0.2, 0) is 9.84 Å². The van der Waals surface area contributed by atoms with Crippen molar-refractivity contribution in [1.29, 1.82) is 0 Å². The van der Waals surface area contributed by atoms with E-state index in [4.69, 9.17) is 5.11 Å². The van der Waals surface area contributed by atoms with Gasteiger partial charge in [0.15, 0.2) is 9.84 Å². The van der Waals surface area contributed by atoms with Gasteiger partial charge < -0.3 is 5.11 Å². The summed E-state index contributed by atoms with van der Waals surface area (Å²) >= 11 is 0. The Balaban J connectivity index is 2.49. The Morgan fingerprint density at radius 3 is 2.55 bits per heavy atom. The molecule has 1 heterocycles. The first-order chi connectivity index (χ1) is 5.08. The molecule has 2 atom stereocenters. The quantitative estimate of drug-likeness (QED) is 0.671. The lowest BCUT2D eigenvalue weighted by Gasteiger charge is -2.30. The van der Waals surface area contributed by atoms with Gasteiger partial charge in [0.05, 0.1) is 11.0 Å².